The normalized spacial score (nSPS) is 47.5. The van der Waals surface area contributed by atoms with Gasteiger partial charge in [0.2, 0.25) is 0 Å². The minimum Gasteiger partial charge on any atom is -0.381 e. The number of rotatable bonds is 0. The van der Waals surface area contributed by atoms with Crippen molar-refractivity contribution in [1.29, 1.82) is 0 Å². The van der Waals surface area contributed by atoms with Crippen molar-refractivity contribution in [3.8, 4) is 0 Å². The maximum atomic E-state index is 4.94. The summed E-state index contributed by atoms with van der Waals surface area (Å²) in [5.41, 5.74) is 0. The van der Waals surface area contributed by atoms with E-state index in [2.05, 4.69) is 12.2 Å². The van der Waals surface area contributed by atoms with E-state index in [-0.39, 0.29) is 0 Å². The molecule has 1 saturated heterocycles. The van der Waals surface area contributed by atoms with Crippen LogP contribution in [0.5, 0.6) is 0 Å². The van der Waals surface area contributed by atoms with Crippen molar-refractivity contribution in [2.24, 2.45) is 35.5 Å². The van der Waals surface area contributed by atoms with Crippen LogP contribution in [0, 0.1) is 35.5 Å². The van der Waals surface area contributed by atoms with Gasteiger partial charge in [0.15, 0.2) is 0 Å². The van der Waals surface area contributed by atoms with Gasteiger partial charge in [-0.3, -0.25) is 0 Å². The fourth-order valence-electron chi connectivity index (χ4n) is 5.49. The summed E-state index contributed by atoms with van der Waals surface area (Å²) in [6, 6.07) is 0. The highest BCUT2D eigenvalue weighted by Gasteiger charge is 2.57. The first kappa shape index (κ1) is 13.7. The van der Waals surface area contributed by atoms with Crippen LogP contribution < -0.4 is 0 Å². The molecule has 3 saturated carbocycles. The lowest BCUT2D eigenvalue weighted by molar-refractivity contribution is 0.198. The van der Waals surface area contributed by atoms with Crippen molar-refractivity contribution in [2.75, 3.05) is 13.2 Å². The lowest BCUT2D eigenvalue weighted by atomic mass is 9.73. The molecule has 0 spiro atoms. The molecule has 0 aromatic rings. The summed E-state index contributed by atoms with van der Waals surface area (Å²) in [4.78, 5) is 0. The molecule has 0 amide bonds. The lowest BCUT2D eigenvalue weighted by Crippen LogP contribution is -2.25. The standard InChI is InChI=1S/C12H16.C4H8O.C2H6/c1-2-8-5-7(1)11-9-3-4-10(6-9)12(8)11;1-2-4-5-3-1;1-2/h1-2,7-12H,3-6H2;1-4H2;1-2H3. The number of hydrogen-bond donors (Lipinski definition) is 0. The zero-order valence-electron chi connectivity index (χ0n) is 12.7. The maximum Gasteiger partial charge on any atom is 0.0466 e. The summed E-state index contributed by atoms with van der Waals surface area (Å²) in [5.74, 6) is 6.66. The molecule has 5 aliphatic rings. The molecule has 6 atom stereocenters. The average Bonchev–Trinajstić information content (AvgIpc) is 3.28. The molecule has 0 radical (unpaired) electrons. The first-order valence-corrected chi connectivity index (χ1v) is 8.69. The summed E-state index contributed by atoms with van der Waals surface area (Å²) >= 11 is 0. The van der Waals surface area contributed by atoms with E-state index >= 15 is 0 Å². The van der Waals surface area contributed by atoms with Gasteiger partial charge in [-0.15, -0.1) is 0 Å². The molecule has 1 aliphatic heterocycles. The third-order valence-corrected chi connectivity index (χ3v) is 6.01. The fourth-order valence-corrected chi connectivity index (χ4v) is 5.49. The summed E-state index contributed by atoms with van der Waals surface area (Å²) in [6.45, 7) is 6.00. The van der Waals surface area contributed by atoms with E-state index in [4.69, 9.17) is 4.74 Å². The van der Waals surface area contributed by atoms with Crippen molar-refractivity contribution in [2.45, 2.75) is 52.4 Å². The molecule has 0 N–H and O–H groups in total. The summed E-state index contributed by atoms with van der Waals surface area (Å²) in [7, 11) is 0. The van der Waals surface area contributed by atoms with Crippen molar-refractivity contribution in [1.82, 2.24) is 0 Å². The smallest absolute Gasteiger partial charge is 0.0466 e. The van der Waals surface area contributed by atoms with Gasteiger partial charge in [-0.2, -0.15) is 0 Å². The van der Waals surface area contributed by atoms with Crippen LogP contribution >= 0.6 is 0 Å². The minimum absolute atomic E-state index is 1.00. The van der Waals surface area contributed by atoms with E-state index in [1.54, 1.807) is 19.3 Å². The predicted octanol–water partition coefficient (Wildman–Crippen LogP) is 4.68. The lowest BCUT2D eigenvalue weighted by Gasteiger charge is -2.31. The summed E-state index contributed by atoms with van der Waals surface area (Å²) in [5, 5.41) is 0. The van der Waals surface area contributed by atoms with E-state index in [0.717, 1.165) is 48.7 Å². The van der Waals surface area contributed by atoms with Gasteiger partial charge >= 0.3 is 0 Å². The Morgan fingerprint density at radius 3 is 1.74 bits per heavy atom. The van der Waals surface area contributed by atoms with E-state index in [9.17, 15) is 0 Å². The first-order valence-electron chi connectivity index (χ1n) is 8.69. The molecule has 5 rings (SSSR count). The van der Waals surface area contributed by atoms with Gasteiger partial charge < -0.3 is 4.74 Å². The van der Waals surface area contributed by atoms with Gasteiger partial charge in [0, 0.05) is 13.2 Å². The second-order valence-electron chi connectivity index (χ2n) is 6.76. The van der Waals surface area contributed by atoms with Gasteiger partial charge in [-0.25, -0.2) is 0 Å². The molecule has 4 fully saturated rings. The third-order valence-electron chi connectivity index (χ3n) is 6.01. The number of fused-ring (bicyclic) bond motifs is 9. The van der Waals surface area contributed by atoms with Crippen molar-refractivity contribution in [3.63, 3.8) is 0 Å². The monoisotopic (exact) mass is 262 g/mol. The van der Waals surface area contributed by atoms with Crippen LogP contribution in [0.1, 0.15) is 52.4 Å². The van der Waals surface area contributed by atoms with Gasteiger partial charge in [0.25, 0.3) is 0 Å². The van der Waals surface area contributed by atoms with E-state index in [1.807, 2.05) is 13.8 Å². The van der Waals surface area contributed by atoms with Crippen LogP contribution in [-0.2, 0) is 4.74 Å². The first-order chi connectivity index (χ1) is 9.43. The van der Waals surface area contributed by atoms with Crippen LogP contribution in [0.3, 0.4) is 0 Å². The Labute approximate surface area is 118 Å². The zero-order chi connectivity index (χ0) is 13.2. The maximum absolute atomic E-state index is 4.94. The molecule has 0 aromatic carbocycles. The third kappa shape index (κ3) is 2.39. The molecule has 108 valence electrons. The zero-order valence-corrected chi connectivity index (χ0v) is 12.7. The molecule has 19 heavy (non-hydrogen) atoms. The Hall–Kier alpha value is -0.300. The van der Waals surface area contributed by atoms with Crippen molar-refractivity contribution in [3.05, 3.63) is 12.2 Å². The second kappa shape index (κ2) is 5.99. The minimum atomic E-state index is 1.00. The largest absolute Gasteiger partial charge is 0.381 e. The van der Waals surface area contributed by atoms with Gasteiger partial charge in [-0.05, 0) is 74.0 Å². The Morgan fingerprint density at radius 1 is 0.789 bits per heavy atom. The van der Waals surface area contributed by atoms with Gasteiger partial charge in [0.05, 0.1) is 0 Å². The second-order valence-corrected chi connectivity index (χ2v) is 6.76. The molecular weight excluding hydrogens is 232 g/mol. The van der Waals surface area contributed by atoms with Gasteiger partial charge in [-0.1, -0.05) is 26.0 Å². The molecule has 4 aliphatic carbocycles. The van der Waals surface area contributed by atoms with E-state index < -0.39 is 0 Å². The van der Waals surface area contributed by atoms with Crippen LogP contribution in [0.25, 0.3) is 0 Å². The van der Waals surface area contributed by atoms with E-state index in [1.165, 1.54) is 19.3 Å². The van der Waals surface area contributed by atoms with E-state index in [0.29, 0.717) is 0 Å². The van der Waals surface area contributed by atoms with Gasteiger partial charge in [0.1, 0.15) is 0 Å². The SMILES string of the molecule is C1=CC2CC1C1C3CCC(C3)C21.C1CCOC1.CC. The molecular formula is C18H30O. The Balaban J connectivity index is 0.000000134. The Morgan fingerprint density at radius 2 is 1.32 bits per heavy atom. The number of ether oxygens (including phenoxy) is 1. The number of allylic oxidation sites excluding steroid dienone is 2. The van der Waals surface area contributed by atoms with Crippen LogP contribution in [0.15, 0.2) is 12.2 Å². The van der Waals surface area contributed by atoms with Crippen molar-refractivity contribution < 1.29 is 4.74 Å². The summed E-state index contributed by atoms with van der Waals surface area (Å²) in [6.07, 6.45) is 13.9. The van der Waals surface area contributed by atoms with Crippen LogP contribution in [0.4, 0.5) is 0 Å². The Kier molecular flexibility index (Phi) is 4.31. The molecule has 1 heteroatoms. The quantitative estimate of drug-likeness (QED) is 0.455. The predicted molar refractivity (Wildman–Crippen MR) is 79.9 cm³/mol. The molecule has 4 bridgehead atoms. The van der Waals surface area contributed by atoms with Crippen LogP contribution in [-0.4, -0.2) is 13.2 Å². The fraction of sp³-hybridized carbons (Fsp3) is 0.889. The highest BCUT2D eigenvalue weighted by Crippen LogP contribution is 2.65. The Bertz CT molecular complexity index is 286. The molecule has 6 unspecified atom stereocenters. The summed E-state index contributed by atoms with van der Waals surface area (Å²) < 4.78 is 4.94. The average molecular weight is 262 g/mol. The molecule has 0 aromatic heterocycles. The highest BCUT2D eigenvalue weighted by atomic mass is 16.5. The topological polar surface area (TPSA) is 9.23 Å². The number of hydrogen-bond acceptors (Lipinski definition) is 1. The molecule has 1 nitrogen and oxygen atoms in total. The van der Waals surface area contributed by atoms with Crippen LogP contribution in [0.2, 0.25) is 0 Å². The van der Waals surface area contributed by atoms with Crippen molar-refractivity contribution >= 4 is 0 Å². The molecule has 1 heterocycles. The highest BCUT2D eigenvalue weighted by molar-refractivity contribution is 5.19.